The summed E-state index contributed by atoms with van der Waals surface area (Å²) in [7, 11) is 0. The summed E-state index contributed by atoms with van der Waals surface area (Å²) in [6.45, 7) is 1.98. The predicted octanol–water partition coefficient (Wildman–Crippen LogP) is 1.96. The molecule has 96 valence electrons. The molecule has 1 aromatic rings. The van der Waals surface area contributed by atoms with E-state index in [0.717, 1.165) is 4.47 Å². The molecule has 6 heteroatoms. The number of hydrogen-bond donors (Lipinski definition) is 1. The van der Waals surface area contributed by atoms with E-state index in [1.54, 1.807) is 25.1 Å². The van der Waals surface area contributed by atoms with Gasteiger partial charge in [-0.15, -0.1) is 0 Å². The number of nitrogens with one attached hydrogen (secondary N) is 1. The number of esters is 2. The standard InChI is InChI=1S/C12H12BrNO4/c1-2-17-12(16)10-6-18-11(15)8-5-7(13)3-4-9(8)14-10/h3-5,10,14H,2,6H2,1H3. The van der Waals surface area contributed by atoms with Crippen LogP contribution in [0, 0.1) is 0 Å². The van der Waals surface area contributed by atoms with Gasteiger partial charge in [0.1, 0.15) is 6.61 Å². The molecule has 0 aromatic heterocycles. The van der Waals surface area contributed by atoms with Crippen molar-refractivity contribution < 1.29 is 19.1 Å². The van der Waals surface area contributed by atoms with Gasteiger partial charge < -0.3 is 14.8 Å². The molecule has 0 aliphatic carbocycles. The van der Waals surface area contributed by atoms with Crippen LogP contribution in [0.4, 0.5) is 5.69 Å². The first-order valence-electron chi connectivity index (χ1n) is 5.51. The molecule has 0 radical (unpaired) electrons. The Morgan fingerprint density at radius 1 is 1.61 bits per heavy atom. The molecule has 0 bridgehead atoms. The molecule has 5 nitrogen and oxygen atoms in total. The van der Waals surface area contributed by atoms with E-state index in [1.807, 2.05) is 0 Å². The molecule has 0 spiro atoms. The van der Waals surface area contributed by atoms with Gasteiger partial charge in [0, 0.05) is 10.2 Å². The summed E-state index contributed by atoms with van der Waals surface area (Å²) < 4.78 is 10.7. The topological polar surface area (TPSA) is 64.6 Å². The third-order valence-electron chi connectivity index (χ3n) is 2.48. The first-order chi connectivity index (χ1) is 8.61. The minimum absolute atomic E-state index is 0.0377. The Hall–Kier alpha value is -1.56. The fourth-order valence-electron chi connectivity index (χ4n) is 1.65. The summed E-state index contributed by atoms with van der Waals surface area (Å²) in [5.41, 5.74) is 0.968. The lowest BCUT2D eigenvalue weighted by Crippen LogP contribution is -2.34. The van der Waals surface area contributed by atoms with Crippen molar-refractivity contribution in [2.45, 2.75) is 13.0 Å². The number of anilines is 1. The molecule has 0 saturated heterocycles. The lowest BCUT2D eigenvalue weighted by atomic mass is 10.1. The average molecular weight is 314 g/mol. The number of halogens is 1. The van der Waals surface area contributed by atoms with Crippen LogP contribution in [0.5, 0.6) is 0 Å². The lowest BCUT2D eigenvalue weighted by molar-refractivity contribution is -0.144. The van der Waals surface area contributed by atoms with Crippen molar-refractivity contribution in [1.29, 1.82) is 0 Å². The maximum Gasteiger partial charge on any atom is 0.340 e. The SMILES string of the molecule is CCOC(=O)C1COC(=O)c2cc(Br)ccc2N1. The molecular formula is C12H12BrNO4. The zero-order valence-corrected chi connectivity index (χ0v) is 11.3. The highest BCUT2D eigenvalue weighted by Gasteiger charge is 2.28. The maximum atomic E-state index is 11.7. The van der Waals surface area contributed by atoms with Gasteiger partial charge in [0.05, 0.1) is 12.2 Å². The number of rotatable bonds is 2. The first-order valence-corrected chi connectivity index (χ1v) is 6.31. The van der Waals surface area contributed by atoms with Gasteiger partial charge in [-0.05, 0) is 25.1 Å². The lowest BCUT2D eigenvalue weighted by Gasteiger charge is -2.14. The van der Waals surface area contributed by atoms with Gasteiger partial charge in [-0.1, -0.05) is 15.9 Å². The van der Waals surface area contributed by atoms with Gasteiger partial charge in [0.25, 0.3) is 0 Å². The van der Waals surface area contributed by atoms with Crippen molar-refractivity contribution in [1.82, 2.24) is 0 Å². The Labute approximate surface area is 113 Å². The van der Waals surface area contributed by atoms with Crippen LogP contribution in [0.2, 0.25) is 0 Å². The Kier molecular flexibility index (Phi) is 3.86. The largest absolute Gasteiger partial charge is 0.464 e. The molecule has 1 N–H and O–H groups in total. The minimum Gasteiger partial charge on any atom is -0.464 e. The maximum absolute atomic E-state index is 11.7. The van der Waals surface area contributed by atoms with Gasteiger partial charge in [0.15, 0.2) is 6.04 Å². The molecule has 1 heterocycles. The normalized spacial score (nSPS) is 18.1. The second-order valence-electron chi connectivity index (χ2n) is 3.74. The van der Waals surface area contributed by atoms with E-state index >= 15 is 0 Å². The number of cyclic esters (lactones) is 1. The number of carbonyl (C=O) groups is 2. The van der Waals surface area contributed by atoms with Crippen molar-refractivity contribution in [3.63, 3.8) is 0 Å². The molecule has 0 saturated carbocycles. The molecule has 0 fully saturated rings. The summed E-state index contributed by atoms with van der Waals surface area (Å²) in [5.74, 6) is -0.883. The molecular weight excluding hydrogens is 302 g/mol. The summed E-state index contributed by atoms with van der Waals surface area (Å²) in [4.78, 5) is 23.4. The third kappa shape index (κ3) is 2.64. The van der Waals surface area contributed by atoms with E-state index < -0.39 is 18.0 Å². The Bertz CT molecular complexity index is 489. The summed E-state index contributed by atoms with van der Waals surface area (Å²) >= 11 is 3.29. The van der Waals surface area contributed by atoms with E-state index in [4.69, 9.17) is 9.47 Å². The Morgan fingerprint density at radius 3 is 3.11 bits per heavy atom. The monoisotopic (exact) mass is 313 g/mol. The van der Waals surface area contributed by atoms with Crippen LogP contribution in [-0.2, 0) is 14.3 Å². The second kappa shape index (κ2) is 5.39. The summed E-state index contributed by atoms with van der Waals surface area (Å²) in [6, 6.07) is 4.49. The zero-order chi connectivity index (χ0) is 13.1. The molecule has 1 aliphatic rings. The van der Waals surface area contributed by atoms with Crippen molar-refractivity contribution >= 4 is 33.6 Å². The van der Waals surface area contributed by atoms with Crippen LogP contribution < -0.4 is 5.32 Å². The van der Waals surface area contributed by atoms with Crippen molar-refractivity contribution in [3.05, 3.63) is 28.2 Å². The van der Waals surface area contributed by atoms with Crippen molar-refractivity contribution in [2.24, 2.45) is 0 Å². The Morgan fingerprint density at radius 2 is 2.39 bits per heavy atom. The van der Waals surface area contributed by atoms with Crippen LogP contribution in [0.1, 0.15) is 17.3 Å². The highest BCUT2D eigenvalue weighted by atomic mass is 79.9. The van der Waals surface area contributed by atoms with Crippen LogP contribution in [0.15, 0.2) is 22.7 Å². The quantitative estimate of drug-likeness (QED) is 0.846. The third-order valence-corrected chi connectivity index (χ3v) is 2.98. The number of fused-ring (bicyclic) bond motifs is 1. The van der Waals surface area contributed by atoms with Crippen molar-refractivity contribution in [3.8, 4) is 0 Å². The molecule has 1 aliphatic heterocycles. The fraction of sp³-hybridized carbons (Fsp3) is 0.333. The smallest absolute Gasteiger partial charge is 0.340 e. The molecule has 0 amide bonds. The van der Waals surface area contributed by atoms with E-state index in [-0.39, 0.29) is 13.2 Å². The predicted molar refractivity (Wildman–Crippen MR) is 68.5 cm³/mol. The van der Waals surface area contributed by atoms with E-state index in [2.05, 4.69) is 21.2 Å². The zero-order valence-electron chi connectivity index (χ0n) is 9.73. The van der Waals surface area contributed by atoms with E-state index in [1.165, 1.54) is 0 Å². The number of hydrogen-bond acceptors (Lipinski definition) is 5. The minimum atomic E-state index is -0.670. The molecule has 1 aromatic carbocycles. The van der Waals surface area contributed by atoms with Crippen LogP contribution in [0.3, 0.4) is 0 Å². The summed E-state index contributed by atoms with van der Waals surface area (Å²) in [5, 5.41) is 2.96. The van der Waals surface area contributed by atoms with Crippen molar-refractivity contribution in [2.75, 3.05) is 18.5 Å². The van der Waals surface area contributed by atoms with Crippen LogP contribution in [-0.4, -0.2) is 31.2 Å². The fourth-order valence-corrected chi connectivity index (χ4v) is 2.01. The van der Waals surface area contributed by atoms with E-state index in [0.29, 0.717) is 11.3 Å². The van der Waals surface area contributed by atoms with Gasteiger partial charge in [-0.3, -0.25) is 0 Å². The molecule has 18 heavy (non-hydrogen) atoms. The van der Waals surface area contributed by atoms with Crippen LogP contribution >= 0.6 is 15.9 Å². The molecule has 1 unspecified atom stereocenters. The average Bonchev–Trinajstić information content (AvgIpc) is 2.50. The summed E-state index contributed by atoms with van der Waals surface area (Å²) in [6.07, 6.45) is 0. The van der Waals surface area contributed by atoms with E-state index in [9.17, 15) is 9.59 Å². The highest BCUT2D eigenvalue weighted by Crippen LogP contribution is 2.25. The second-order valence-corrected chi connectivity index (χ2v) is 4.65. The number of benzene rings is 1. The Balaban J connectivity index is 2.27. The molecule has 1 atom stereocenters. The van der Waals surface area contributed by atoms with Gasteiger partial charge in [-0.25, -0.2) is 9.59 Å². The van der Waals surface area contributed by atoms with Crippen LogP contribution in [0.25, 0.3) is 0 Å². The molecule has 2 rings (SSSR count). The number of carbonyl (C=O) groups excluding carboxylic acids is 2. The first kappa shape index (κ1) is 12.9. The van der Waals surface area contributed by atoms with Gasteiger partial charge >= 0.3 is 11.9 Å². The van der Waals surface area contributed by atoms with Gasteiger partial charge in [0.2, 0.25) is 0 Å². The highest BCUT2D eigenvalue weighted by molar-refractivity contribution is 9.10. The van der Waals surface area contributed by atoms with Gasteiger partial charge in [-0.2, -0.15) is 0 Å². The number of ether oxygens (including phenoxy) is 2.